The van der Waals surface area contributed by atoms with Gasteiger partial charge in [-0.2, -0.15) is 0 Å². The summed E-state index contributed by atoms with van der Waals surface area (Å²) in [5.41, 5.74) is 3.74. The van der Waals surface area contributed by atoms with Gasteiger partial charge < -0.3 is 4.98 Å². The van der Waals surface area contributed by atoms with Gasteiger partial charge in [0.05, 0.1) is 0 Å². The zero-order valence-electron chi connectivity index (χ0n) is 13.0. The Bertz CT molecular complexity index is 1030. The Kier molecular flexibility index (Phi) is 3.23. The van der Waals surface area contributed by atoms with Gasteiger partial charge in [0.1, 0.15) is 0 Å². The molecule has 0 fully saturated rings. The summed E-state index contributed by atoms with van der Waals surface area (Å²) < 4.78 is 0. The molecule has 2 nitrogen and oxygen atoms in total. The standard InChI is InChI=1S/C21H17NO/c1-2-14-10-11-15-6-5-8-17(18(15)12-14)21(23)19-13-22-20-9-4-3-7-16(19)20/h3-13,22H,2H2,1H3. The molecule has 0 spiro atoms. The van der Waals surface area contributed by atoms with Crippen LogP contribution in [0.15, 0.2) is 66.9 Å². The van der Waals surface area contributed by atoms with Gasteiger partial charge in [-0.3, -0.25) is 4.79 Å². The van der Waals surface area contributed by atoms with Crippen molar-refractivity contribution in [3.8, 4) is 0 Å². The molecule has 0 saturated carbocycles. The van der Waals surface area contributed by atoms with Gasteiger partial charge in [0.25, 0.3) is 0 Å². The average molecular weight is 299 g/mol. The molecule has 0 aliphatic carbocycles. The number of carbonyl (C=O) groups is 1. The van der Waals surface area contributed by atoms with Crippen LogP contribution in [0.25, 0.3) is 21.7 Å². The summed E-state index contributed by atoms with van der Waals surface area (Å²) in [6, 6.07) is 20.2. The molecule has 23 heavy (non-hydrogen) atoms. The van der Waals surface area contributed by atoms with Gasteiger partial charge in [-0.1, -0.05) is 61.5 Å². The Morgan fingerprint density at radius 1 is 0.913 bits per heavy atom. The summed E-state index contributed by atoms with van der Waals surface area (Å²) in [6.07, 6.45) is 2.78. The highest BCUT2D eigenvalue weighted by molar-refractivity contribution is 6.21. The molecular formula is C21H17NO. The number of para-hydroxylation sites is 1. The van der Waals surface area contributed by atoms with E-state index in [9.17, 15) is 4.79 Å². The van der Waals surface area contributed by atoms with E-state index in [-0.39, 0.29) is 5.78 Å². The summed E-state index contributed by atoms with van der Waals surface area (Å²) >= 11 is 0. The SMILES string of the molecule is CCc1ccc2cccc(C(=O)c3c[nH]c4ccccc34)c2c1. The Labute approximate surface area is 134 Å². The fourth-order valence-corrected chi connectivity index (χ4v) is 3.14. The van der Waals surface area contributed by atoms with Gasteiger partial charge in [-0.25, -0.2) is 0 Å². The largest absolute Gasteiger partial charge is 0.360 e. The number of H-pyrrole nitrogens is 1. The first-order chi connectivity index (χ1) is 11.3. The fraction of sp³-hybridized carbons (Fsp3) is 0.0952. The highest BCUT2D eigenvalue weighted by atomic mass is 16.1. The Morgan fingerprint density at radius 2 is 1.78 bits per heavy atom. The third kappa shape index (κ3) is 2.23. The Morgan fingerprint density at radius 3 is 2.65 bits per heavy atom. The van der Waals surface area contributed by atoms with E-state index < -0.39 is 0 Å². The van der Waals surface area contributed by atoms with E-state index in [0.29, 0.717) is 0 Å². The number of carbonyl (C=O) groups excluding carboxylic acids is 1. The summed E-state index contributed by atoms with van der Waals surface area (Å²) in [5.74, 6) is 0.0707. The van der Waals surface area contributed by atoms with Gasteiger partial charge in [-0.15, -0.1) is 0 Å². The number of hydrogen-bond acceptors (Lipinski definition) is 1. The lowest BCUT2D eigenvalue weighted by Crippen LogP contribution is -2.01. The van der Waals surface area contributed by atoms with Gasteiger partial charge in [0, 0.05) is 28.2 Å². The first-order valence-corrected chi connectivity index (χ1v) is 7.90. The molecule has 0 bridgehead atoms. The lowest BCUT2D eigenvalue weighted by atomic mass is 9.95. The first kappa shape index (κ1) is 13.8. The number of aromatic nitrogens is 1. The van der Waals surface area contributed by atoms with Crippen LogP contribution in [0.1, 0.15) is 28.4 Å². The van der Waals surface area contributed by atoms with Crippen molar-refractivity contribution >= 4 is 27.5 Å². The van der Waals surface area contributed by atoms with E-state index in [2.05, 4.69) is 36.2 Å². The van der Waals surface area contributed by atoms with E-state index >= 15 is 0 Å². The van der Waals surface area contributed by atoms with Crippen LogP contribution in [0.3, 0.4) is 0 Å². The molecule has 0 aliphatic rings. The Balaban J connectivity index is 1.93. The predicted octanol–water partition coefficient (Wildman–Crippen LogP) is 5.11. The monoisotopic (exact) mass is 299 g/mol. The van der Waals surface area contributed by atoms with Crippen molar-refractivity contribution in [2.24, 2.45) is 0 Å². The number of fused-ring (bicyclic) bond motifs is 2. The van der Waals surface area contributed by atoms with Gasteiger partial charge in [0.15, 0.2) is 5.78 Å². The van der Waals surface area contributed by atoms with Crippen LogP contribution in [0.5, 0.6) is 0 Å². The van der Waals surface area contributed by atoms with E-state index in [1.807, 2.05) is 42.6 Å². The van der Waals surface area contributed by atoms with Crippen molar-refractivity contribution in [3.05, 3.63) is 83.6 Å². The predicted molar refractivity (Wildman–Crippen MR) is 95.1 cm³/mol. The molecule has 0 atom stereocenters. The summed E-state index contributed by atoms with van der Waals surface area (Å²) in [7, 11) is 0. The van der Waals surface area contributed by atoms with Crippen molar-refractivity contribution < 1.29 is 4.79 Å². The molecule has 1 aromatic heterocycles. The number of rotatable bonds is 3. The quantitative estimate of drug-likeness (QED) is 0.524. The zero-order chi connectivity index (χ0) is 15.8. The highest BCUT2D eigenvalue weighted by Crippen LogP contribution is 2.26. The van der Waals surface area contributed by atoms with Crippen molar-refractivity contribution in [1.29, 1.82) is 0 Å². The molecule has 0 radical (unpaired) electrons. The van der Waals surface area contributed by atoms with Gasteiger partial charge >= 0.3 is 0 Å². The van der Waals surface area contributed by atoms with Crippen LogP contribution in [0.4, 0.5) is 0 Å². The number of hydrogen-bond donors (Lipinski definition) is 1. The number of nitrogens with one attached hydrogen (secondary N) is 1. The Hall–Kier alpha value is -2.87. The molecule has 112 valence electrons. The molecule has 3 aromatic carbocycles. The smallest absolute Gasteiger partial charge is 0.195 e. The van der Waals surface area contributed by atoms with Crippen LogP contribution in [0, 0.1) is 0 Å². The summed E-state index contributed by atoms with van der Waals surface area (Å²) in [4.78, 5) is 16.3. The normalized spacial score (nSPS) is 11.2. The fourth-order valence-electron chi connectivity index (χ4n) is 3.14. The van der Waals surface area contributed by atoms with Crippen molar-refractivity contribution in [2.45, 2.75) is 13.3 Å². The second-order valence-corrected chi connectivity index (χ2v) is 5.79. The van der Waals surface area contributed by atoms with Crippen LogP contribution in [0.2, 0.25) is 0 Å². The zero-order valence-corrected chi connectivity index (χ0v) is 13.0. The maximum Gasteiger partial charge on any atom is 0.195 e. The first-order valence-electron chi connectivity index (χ1n) is 7.90. The lowest BCUT2D eigenvalue weighted by molar-refractivity contribution is 0.104. The minimum Gasteiger partial charge on any atom is -0.360 e. The average Bonchev–Trinajstić information content (AvgIpc) is 3.04. The van der Waals surface area contributed by atoms with E-state index in [4.69, 9.17) is 0 Å². The maximum atomic E-state index is 13.1. The molecule has 0 unspecified atom stereocenters. The lowest BCUT2D eigenvalue weighted by Gasteiger charge is -2.07. The van der Waals surface area contributed by atoms with Crippen molar-refractivity contribution in [2.75, 3.05) is 0 Å². The summed E-state index contributed by atoms with van der Waals surface area (Å²) in [6.45, 7) is 2.13. The number of benzene rings is 3. The minimum atomic E-state index is 0.0707. The van der Waals surface area contributed by atoms with Gasteiger partial charge in [-0.05, 0) is 28.8 Å². The van der Waals surface area contributed by atoms with Crippen LogP contribution >= 0.6 is 0 Å². The topological polar surface area (TPSA) is 32.9 Å². The molecular weight excluding hydrogens is 282 g/mol. The molecule has 0 aliphatic heterocycles. The van der Waals surface area contributed by atoms with Gasteiger partial charge in [0.2, 0.25) is 0 Å². The minimum absolute atomic E-state index is 0.0707. The molecule has 2 heteroatoms. The maximum absolute atomic E-state index is 13.1. The molecule has 0 saturated heterocycles. The van der Waals surface area contributed by atoms with E-state index in [1.165, 1.54) is 5.56 Å². The highest BCUT2D eigenvalue weighted by Gasteiger charge is 2.16. The van der Waals surface area contributed by atoms with Crippen LogP contribution < -0.4 is 0 Å². The third-order valence-electron chi connectivity index (χ3n) is 4.43. The second-order valence-electron chi connectivity index (χ2n) is 5.79. The van der Waals surface area contributed by atoms with E-state index in [0.717, 1.165) is 39.2 Å². The molecule has 4 rings (SSSR count). The van der Waals surface area contributed by atoms with Crippen molar-refractivity contribution in [1.82, 2.24) is 4.98 Å². The third-order valence-corrected chi connectivity index (χ3v) is 4.43. The molecule has 1 heterocycles. The second kappa shape index (κ2) is 5.40. The van der Waals surface area contributed by atoms with Crippen molar-refractivity contribution in [3.63, 3.8) is 0 Å². The summed E-state index contributed by atoms with van der Waals surface area (Å²) in [5, 5.41) is 3.11. The number of aromatic amines is 1. The molecule has 0 amide bonds. The van der Waals surface area contributed by atoms with E-state index in [1.54, 1.807) is 0 Å². The number of ketones is 1. The van der Waals surface area contributed by atoms with Crippen LogP contribution in [-0.2, 0) is 6.42 Å². The van der Waals surface area contributed by atoms with Crippen LogP contribution in [-0.4, -0.2) is 10.8 Å². The molecule has 4 aromatic rings. The number of aryl methyl sites for hydroxylation is 1. The molecule has 1 N–H and O–H groups in total.